The minimum Gasteiger partial charge on any atom is -0.508 e. The molecule has 1 saturated carbocycles. The van der Waals surface area contributed by atoms with Gasteiger partial charge in [0.15, 0.2) is 0 Å². The maximum absolute atomic E-state index is 14.3. The first kappa shape index (κ1) is 32.2. The van der Waals surface area contributed by atoms with Gasteiger partial charge in [-0.2, -0.15) is 0 Å². The lowest BCUT2D eigenvalue weighted by atomic mass is 9.57. The standard InChI is InChI=1S/C38H38N2O9/c1-48-24-17-29(43)34(30(18-24)49-2)32-25-11-12-26-31(37(46)39(35(26)44)15-13-20-3-7-22(41)8-4-20)27(25)19-28-33(32)38(47)40(36(28)45)16-14-21-5-9-23(42)10-6-21/h3-11,17-18,26-28,31-33,41-43H,12-16,19H2,1-2H3/t26-,27+,28+,31-,32-,33+/m0/s1. The summed E-state index contributed by atoms with van der Waals surface area (Å²) in [5.74, 6) is -4.75. The molecule has 3 aromatic carbocycles. The van der Waals surface area contributed by atoms with E-state index in [2.05, 4.69) is 0 Å². The van der Waals surface area contributed by atoms with E-state index in [1.54, 1.807) is 54.6 Å². The van der Waals surface area contributed by atoms with Crippen LogP contribution in [-0.2, 0) is 32.0 Å². The third-order valence-electron chi connectivity index (χ3n) is 10.8. The number of methoxy groups -OCH3 is 2. The maximum atomic E-state index is 14.3. The molecular formula is C38H38N2O9. The van der Waals surface area contributed by atoms with E-state index >= 15 is 0 Å². The van der Waals surface area contributed by atoms with Crippen molar-refractivity contribution in [3.05, 3.63) is 89.0 Å². The second kappa shape index (κ2) is 12.6. The van der Waals surface area contributed by atoms with Crippen LogP contribution in [0.25, 0.3) is 0 Å². The first-order valence-electron chi connectivity index (χ1n) is 16.5. The molecule has 3 aromatic rings. The van der Waals surface area contributed by atoms with Gasteiger partial charge >= 0.3 is 0 Å². The molecular weight excluding hydrogens is 628 g/mol. The van der Waals surface area contributed by atoms with Crippen LogP contribution in [0.1, 0.15) is 35.4 Å². The van der Waals surface area contributed by atoms with Gasteiger partial charge < -0.3 is 24.8 Å². The molecule has 0 spiro atoms. The average molecular weight is 667 g/mol. The number of hydrogen-bond donors (Lipinski definition) is 3. The summed E-state index contributed by atoms with van der Waals surface area (Å²) < 4.78 is 11.1. The quantitative estimate of drug-likeness (QED) is 0.228. The zero-order chi connectivity index (χ0) is 34.6. The second-order valence-corrected chi connectivity index (χ2v) is 13.3. The molecule has 49 heavy (non-hydrogen) atoms. The number of fused-ring (bicyclic) bond motifs is 4. The zero-order valence-electron chi connectivity index (χ0n) is 27.2. The average Bonchev–Trinajstić information content (AvgIpc) is 3.49. The minimum absolute atomic E-state index is 0.118. The first-order chi connectivity index (χ1) is 23.6. The normalized spacial score (nSPS) is 26.0. The minimum atomic E-state index is -0.850. The molecule has 2 heterocycles. The predicted molar refractivity (Wildman–Crippen MR) is 176 cm³/mol. The molecule has 0 unspecified atom stereocenters. The molecule has 2 saturated heterocycles. The molecule has 4 amide bonds. The molecule has 0 aromatic heterocycles. The van der Waals surface area contributed by atoms with Crippen molar-refractivity contribution in [1.82, 2.24) is 9.80 Å². The van der Waals surface area contributed by atoms with Crippen molar-refractivity contribution in [1.29, 1.82) is 0 Å². The number of phenols is 3. The zero-order valence-corrected chi connectivity index (χ0v) is 27.2. The second-order valence-electron chi connectivity index (χ2n) is 13.3. The predicted octanol–water partition coefficient (Wildman–Crippen LogP) is 3.94. The summed E-state index contributed by atoms with van der Waals surface area (Å²) in [6.45, 7) is 0.314. The Bertz CT molecular complexity index is 1850. The van der Waals surface area contributed by atoms with Crippen LogP contribution < -0.4 is 9.47 Å². The van der Waals surface area contributed by atoms with Crippen LogP contribution >= 0.6 is 0 Å². The van der Waals surface area contributed by atoms with Gasteiger partial charge in [0.1, 0.15) is 28.7 Å². The monoisotopic (exact) mass is 666 g/mol. The lowest BCUT2D eigenvalue weighted by Crippen LogP contribution is -2.43. The topological polar surface area (TPSA) is 154 Å². The fourth-order valence-electron chi connectivity index (χ4n) is 8.47. The summed E-state index contributed by atoms with van der Waals surface area (Å²) in [6, 6.07) is 16.3. The van der Waals surface area contributed by atoms with E-state index < -0.39 is 35.5 Å². The van der Waals surface area contributed by atoms with E-state index in [0.717, 1.165) is 16.7 Å². The maximum Gasteiger partial charge on any atom is 0.234 e. The largest absolute Gasteiger partial charge is 0.508 e. The number of ether oxygens (including phenoxy) is 2. The highest BCUT2D eigenvalue weighted by Crippen LogP contribution is 2.60. The van der Waals surface area contributed by atoms with Gasteiger partial charge in [0.2, 0.25) is 23.6 Å². The van der Waals surface area contributed by atoms with Gasteiger partial charge in [-0.3, -0.25) is 29.0 Å². The Hall–Kier alpha value is -5.32. The number of hydrogen-bond acceptors (Lipinski definition) is 9. The van der Waals surface area contributed by atoms with Crippen LogP contribution in [0.3, 0.4) is 0 Å². The van der Waals surface area contributed by atoms with Gasteiger partial charge in [0.25, 0.3) is 0 Å². The Morgan fingerprint density at radius 2 is 1.22 bits per heavy atom. The summed E-state index contributed by atoms with van der Waals surface area (Å²) in [5, 5.41) is 30.8. The third-order valence-corrected chi connectivity index (χ3v) is 10.8. The summed E-state index contributed by atoms with van der Waals surface area (Å²) >= 11 is 0. The highest BCUT2D eigenvalue weighted by atomic mass is 16.5. The molecule has 2 aliphatic heterocycles. The van der Waals surface area contributed by atoms with Crippen molar-refractivity contribution >= 4 is 23.6 Å². The fourth-order valence-corrected chi connectivity index (χ4v) is 8.47. The summed E-state index contributed by atoms with van der Waals surface area (Å²) in [5.41, 5.74) is 2.82. The third kappa shape index (κ3) is 5.47. The highest BCUT2D eigenvalue weighted by molar-refractivity contribution is 6.08. The van der Waals surface area contributed by atoms with Crippen LogP contribution in [0.5, 0.6) is 28.7 Å². The number of allylic oxidation sites excluding steroid dienone is 2. The van der Waals surface area contributed by atoms with E-state index in [0.29, 0.717) is 24.2 Å². The Morgan fingerprint density at radius 3 is 1.78 bits per heavy atom. The lowest BCUT2D eigenvalue weighted by Gasteiger charge is -2.44. The summed E-state index contributed by atoms with van der Waals surface area (Å²) in [7, 11) is 2.92. The molecule has 4 aliphatic rings. The number of benzene rings is 3. The molecule has 6 atom stereocenters. The molecule has 0 bridgehead atoms. The molecule has 0 radical (unpaired) electrons. The fraction of sp³-hybridized carbons (Fsp3) is 0.368. The molecule has 3 N–H and O–H groups in total. The number of rotatable bonds is 9. The Kier molecular flexibility index (Phi) is 8.30. The lowest BCUT2D eigenvalue weighted by molar-refractivity contribution is -0.142. The number of carbonyl (C=O) groups excluding carboxylic acids is 4. The van der Waals surface area contributed by atoms with Crippen LogP contribution in [-0.4, -0.2) is 76.1 Å². The van der Waals surface area contributed by atoms with E-state index in [1.165, 1.54) is 30.1 Å². The van der Waals surface area contributed by atoms with Gasteiger partial charge in [0.05, 0.1) is 37.9 Å². The van der Waals surface area contributed by atoms with E-state index in [1.807, 2.05) is 6.08 Å². The Morgan fingerprint density at radius 1 is 0.673 bits per heavy atom. The number of carbonyl (C=O) groups is 4. The number of imide groups is 2. The van der Waals surface area contributed by atoms with Gasteiger partial charge in [-0.15, -0.1) is 0 Å². The van der Waals surface area contributed by atoms with Crippen molar-refractivity contribution < 1.29 is 44.0 Å². The highest BCUT2D eigenvalue weighted by Gasteiger charge is 2.62. The van der Waals surface area contributed by atoms with Crippen LogP contribution in [0.2, 0.25) is 0 Å². The molecule has 3 fully saturated rings. The first-order valence-corrected chi connectivity index (χ1v) is 16.5. The Balaban J connectivity index is 1.25. The van der Waals surface area contributed by atoms with Crippen molar-refractivity contribution in [2.75, 3.05) is 27.3 Å². The van der Waals surface area contributed by atoms with E-state index in [-0.39, 0.29) is 72.6 Å². The number of likely N-dealkylation sites (tertiary alicyclic amines) is 2. The molecule has 11 heteroatoms. The number of nitrogens with zero attached hydrogens (tertiary/aromatic N) is 2. The van der Waals surface area contributed by atoms with Crippen LogP contribution in [0.15, 0.2) is 72.3 Å². The number of aromatic hydroxyl groups is 3. The summed E-state index contributed by atoms with van der Waals surface area (Å²) in [6.07, 6.45) is 3.25. The van der Waals surface area contributed by atoms with Crippen molar-refractivity contribution in [2.24, 2.45) is 29.6 Å². The smallest absolute Gasteiger partial charge is 0.234 e. The molecule has 7 rings (SSSR count). The van der Waals surface area contributed by atoms with Crippen molar-refractivity contribution in [3.8, 4) is 28.7 Å². The van der Waals surface area contributed by atoms with Gasteiger partial charge in [-0.1, -0.05) is 35.9 Å². The van der Waals surface area contributed by atoms with Crippen molar-refractivity contribution in [2.45, 2.75) is 31.6 Å². The molecule has 254 valence electrons. The number of phenolic OH excluding ortho intramolecular Hbond substituents is 3. The molecule has 11 nitrogen and oxygen atoms in total. The van der Waals surface area contributed by atoms with Crippen LogP contribution in [0, 0.1) is 29.6 Å². The van der Waals surface area contributed by atoms with Gasteiger partial charge in [-0.05, 0) is 67.0 Å². The van der Waals surface area contributed by atoms with Crippen LogP contribution in [0.4, 0.5) is 0 Å². The summed E-state index contributed by atoms with van der Waals surface area (Å²) in [4.78, 5) is 58.9. The number of amides is 4. The van der Waals surface area contributed by atoms with E-state index in [9.17, 15) is 34.5 Å². The van der Waals surface area contributed by atoms with Gasteiger partial charge in [0, 0.05) is 36.7 Å². The molecule has 2 aliphatic carbocycles. The Labute approximate surface area is 283 Å². The van der Waals surface area contributed by atoms with Crippen molar-refractivity contribution in [3.63, 3.8) is 0 Å². The van der Waals surface area contributed by atoms with E-state index in [4.69, 9.17) is 9.47 Å². The van der Waals surface area contributed by atoms with Gasteiger partial charge in [-0.25, -0.2) is 0 Å². The SMILES string of the molecule is COc1cc(O)c([C@H]2C3=CC[C@@H]4C(=O)N(CCc5ccc(O)cc5)C(=O)[C@@H]4[C@@H]3C[C@H]3C(=O)N(CCc4ccc(O)cc4)C(=O)[C@@H]23)c(OC)c1.